The topological polar surface area (TPSA) is 85.1 Å². The third-order valence-corrected chi connectivity index (χ3v) is 10.4. The maximum Gasteiger partial charge on any atom is 0.235 e. The van der Waals surface area contributed by atoms with Gasteiger partial charge in [0.1, 0.15) is 24.0 Å². The van der Waals surface area contributed by atoms with E-state index in [4.69, 9.17) is 24.7 Å². The van der Waals surface area contributed by atoms with Crippen molar-refractivity contribution in [2.24, 2.45) is 0 Å². The maximum absolute atomic E-state index is 6.66. The molecule has 0 N–H and O–H groups in total. The van der Waals surface area contributed by atoms with E-state index in [0.29, 0.717) is 30.0 Å². The molecule has 0 unspecified atom stereocenters. The Morgan fingerprint density at radius 1 is 0.561 bits per heavy atom. The fourth-order valence-electron chi connectivity index (χ4n) is 7.54. The monoisotopic (exact) mass is 742 g/mol. The lowest BCUT2D eigenvalue weighted by molar-refractivity contribution is 0.483. The first-order chi connectivity index (χ1) is 27.9. The number of hydrogen-bond acceptors (Lipinski definition) is 8. The van der Waals surface area contributed by atoms with Gasteiger partial charge in [-0.05, 0) is 59.5 Å². The van der Waals surface area contributed by atoms with Crippen LogP contribution in [0.1, 0.15) is 26.3 Å². The third kappa shape index (κ3) is 6.29. The van der Waals surface area contributed by atoms with Gasteiger partial charge in [-0.3, -0.25) is 14.5 Å². The van der Waals surface area contributed by atoms with Gasteiger partial charge in [0.05, 0.1) is 28.6 Å². The number of aromatic nitrogens is 6. The van der Waals surface area contributed by atoms with E-state index in [9.17, 15) is 0 Å². The van der Waals surface area contributed by atoms with Gasteiger partial charge in [0, 0.05) is 52.1 Å². The predicted molar refractivity (Wildman–Crippen MR) is 228 cm³/mol. The summed E-state index contributed by atoms with van der Waals surface area (Å²) in [7, 11) is 0. The molecule has 9 nitrogen and oxygen atoms in total. The molecule has 0 spiro atoms. The van der Waals surface area contributed by atoms with Crippen molar-refractivity contribution in [1.82, 2.24) is 29.5 Å². The zero-order valence-corrected chi connectivity index (χ0v) is 31.8. The van der Waals surface area contributed by atoms with Crippen molar-refractivity contribution in [2.45, 2.75) is 26.2 Å². The number of rotatable bonds is 7. The molecular weight excluding hydrogens is 705 g/mol. The van der Waals surface area contributed by atoms with Crippen LogP contribution < -0.4 is 14.5 Å². The smallest absolute Gasteiger partial charge is 0.235 e. The molecule has 4 aromatic heterocycles. The first-order valence-corrected chi connectivity index (χ1v) is 19.0. The van der Waals surface area contributed by atoms with Gasteiger partial charge in [-0.25, -0.2) is 9.97 Å². The number of pyridine rings is 2. The summed E-state index contributed by atoms with van der Waals surface area (Å²) in [6.07, 6.45) is 5.58. The molecule has 0 radical (unpaired) electrons. The molecule has 10 rings (SSSR count). The number of nitrogens with zero attached hydrogens (tertiary/aromatic N) is 8. The van der Waals surface area contributed by atoms with Crippen LogP contribution in [0.25, 0.3) is 50.4 Å². The molecule has 0 saturated heterocycles. The molecule has 0 fully saturated rings. The van der Waals surface area contributed by atoms with Crippen LogP contribution in [-0.2, 0) is 5.41 Å². The minimum Gasteiger partial charge on any atom is -0.457 e. The highest BCUT2D eigenvalue weighted by Crippen LogP contribution is 2.44. The largest absolute Gasteiger partial charge is 0.457 e. The van der Waals surface area contributed by atoms with Gasteiger partial charge >= 0.3 is 0 Å². The van der Waals surface area contributed by atoms with Gasteiger partial charge in [-0.15, -0.1) is 0 Å². The number of fused-ring (bicyclic) bond motifs is 4. The molecule has 1 aliphatic rings. The normalized spacial score (nSPS) is 12.7. The molecular formula is C48H38N8O. The number of anilines is 4. The van der Waals surface area contributed by atoms with Crippen LogP contribution in [0, 0.1) is 0 Å². The minimum atomic E-state index is -0.0132. The highest BCUT2D eigenvalue weighted by atomic mass is 16.5. The predicted octanol–water partition coefficient (Wildman–Crippen LogP) is 11.4. The van der Waals surface area contributed by atoms with E-state index in [1.165, 1.54) is 10.9 Å². The van der Waals surface area contributed by atoms with Gasteiger partial charge in [-0.2, -0.15) is 9.97 Å². The lowest BCUT2D eigenvalue weighted by atomic mass is 9.88. The Morgan fingerprint density at radius 3 is 2.02 bits per heavy atom. The zero-order valence-electron chi connectivity index (χ0n) is 31.8. The van der Waals surface area contributed by atoms with E-state index >= 15 is 0 Å². The Balaban J connectivity index is 1.01. The first kappa shape index (κ1) is 34.1. The van der Waals surface area contributed by atoms with Crippen molar-refractivity contribution >= 4 is 44.8 Å². The Morgan fingerprint density at radius 2 is 1.26 bits per heavy atom. The van der Waals surface area contributed by atoms with E-state index in [-0.39, 0.29) is 5.41 Å². The van der Waals surface area contributed by atoms with Crippen LogP contribution in [0.4, 0.5) is 23.0 Å². The van der Waals surface area contributed by atoms with Crippen molar-refractivity contribution in [2.75, 3.05) is 16.5 Å². The molecule has 5 heterocycles. The molecule has 9 aromatic rings. The van der Waals surface area contributed by atoms with Crippen molar-refractivity contribution in [1.29, 1.82) is 0 Å². The van der Waals surface area contributed by atoms with E-state index in [0.717, 1.165) is 56.2 Å². The average Bonchev–Trinajstić information content (AvgIpc) is 3.80. The minimum absolute atomic E-state index is 0.0132. The number of ether oxygens (including phenoxy) is 1. The number of hydrogen-bond donors (Lipinski definition) is 0. The van der Waals surface area contributed by atoms with Crippen LogP contribution in [0.2, 0.25) is 0 Å². The summed E-state index contributed by atoms with van der Waals surface area (Å²) in [6.45, 7) is 7.14. The Kier molecular flexibility index (Phi) is 8.22. The standard InChI is InChI=1S/C48H38N8O/c1-48(2,3)34-23-26-50-44(27-34)56-40-20-11-10-19-38(40)39-22-21-37(29-42(39)56)57-36-18-12-17-35(28-36)54-31-55(43-30-49-25-24-41(43)54)47-52-45(32-13-6-4-7-14-32)51-46(53-47)33-15-8-5-9-16-33/h4-30H,31H2,1-3H3. The summed E-state index contributed by atoms with van der Waals surface area (Å²) >= 11 is 0. The Labute approximate surface area is 330 Å². The third-order valence-electron chi connectivity index (χ3n) is 10.4. The van der Waals surface area contributed by atoms with Crippen molar-refractivity contribution < 1.29 is 4.74 Å². The molecule has 9 heteroatoms. The summed E-state index contributed by atoms with van der Waals surface area (Å²) in [6, 6.07) is 49.3. The molecule has 57 heavy (non-hydrogen) atoms. The molecule has 276 valence electrons. The lowest BCUT2D eigenvalue weighted by Gasteiger charge is -2.22. The highest BCUT2D eigenvalue weighted by molar-refractivity contribution is 6.09. The van der Waals surface area contributed by atoms with Crippen molar-refractivity contribution in [3.8, 4) is 40.1 Å². The van der Waals surface area contributed by atoms with Crippen molar-refractivity contribution in [3.05, 3.63) is 170 Å². The molecule has 0 bridgehead atoms. The molecule has 5 aromatic carbocycles. The van der Waals surface area contributed by atoms with Crippen LogP contribution in [-0.4, -0.2) is 36.2 Å². The Hall–Kier alpha value is -7.39. The quantitative estimate of drug-likeness (QED) is 0.160. The van der Waals surface area contributed by atoms with Crippen molar-refractivity contribution in [3.63, 3.8) is 0 Å². The number of benzene rings is 5. The maximum atomic E-state index is 6.66. The van der Waals surface area contributed by atoms with Crippen LogP contribution in [0.5, 0.6) is 11.5 Å². The summed E-state index contributed by atoms with van der Waals surface area (Å²) in [5.74, 6) is 4.08. The second-order valence-electron chi connectivity index (χ2n) is 15.2. The lowest BCUT2D eigenvalue weighted by Crippen LogP contribution is -2.25. The summed E-state index contributed by atoms with van der Waals surface area (Å²) < 4.78 is 8.90. The molecule has 1 aliphatic heterocycles. The average molecular weight is 743 g/mol. The molecule has 0 atom stereocenters. The Bertz CT molecular complexity index is 2860. The van der Waals surface area contributed by atoms with Gasteiger partial charge in [0.25, 0.3) is 0 Å². The molecule has 0 amide bonds. The van der Waals surface area contributed by atoms with E-state index in [2.05, 4.69) is 101 Å². The molecule has 0 saturated carbocycles. The zero-order chi connectivity index (χ0) is 38.5. The second kappa shape index (κ2) is 13.7. The fourth-order valence-corrected chi connectivity index (χ4v) is 7.54. The van der Waals surface area contributed by atoms with Gasteiger partial charge in [0.15, 0.2) is 11.6 Å². The SMILES string of the molecule is CC(C)(C)c1ccnc(-n2c3ccccc3c3ccc(Oc4cccc(N5CN(c6nc(-c7ccccc7)nc(-c7ccccc7)n6)c6cnccc65)c4)cc32)c1. The first-order valence-electron chi connectivity index (χ1n) is 19.0. The van der Waals surface area contributed by atoms with E-state index < -0.39 is 0 Å². The number of para-hydroxylation sites is 1. The fraction of sp³-hybridized carbons (Fsp3) is 0.104. The summed E-state index contributed by atoms with van der Waals surface area (Å²) in [5.41, 5.74) is 8.02. The van der Waals surface area contributed by atoms with Crippen LogP contribution in [0.3, 0.4) is 0 Å². The summed E-state index contributed by atoms with van der Waals surface area (Å²) in [5, 5.41) is 2.31. The second-order valence-corrected chi connectivity index (χ2v) is 15.2. The van der Waals surface area contributed by atoms with Gasteiger partial charge in [0.2, 0.25) is 5.95 Å². The van der Waals surface area contributed by atoms with Gasteiger partial charge in [-0.1, -0.05) is 106 Å². The van der Waals surface area contributed by atoms with E-state index in [1.54, 1.807) is 0 Å². The molecule has 0 aliphatic carbocycles. The van der Waals surface area contributed by atoms with Gasteiger partial charge < -0.3 is 9.64 Å². The summed E-state index contributed by atoms with van der Waals surface area (Å²) in [4.78, 5) is 28.6. The van der Waals surface area contributed by atoms with E-state index in [1.807, 2.05) is 104 Å². The van der Waals surface area contributed by atoms with Crippen LogP contribution >= 0.6 is 0 Å². The highest BCUT2D eigenvalue weighted by Gasteiger charge is 2.31. The van der Waals surface area contributed by atoms with Crippen LogP contribution in [0.15, 0.2) is 164 Å².